The van der Waals surface area contributed by atoms with Gasteiger partial charge < -0.3 is 9.80 Å². The SMILES string of the molecule is CN(C)C(=O)N(C)Cc1cscn1. The number of nitrogens with zero attached hydrogens (tertiary/aromatic N) is 3. The summed E-state index contributed by atoms with van der Waals surface area (Å²) in [6, 6.07) is -0.00648. The number of hydrogen-bond donors (Lipinski definition) is 0. The smallest absolute Gasteiger partial charge is 0.319 e. The predicted molar refractivity (Wildman–Crippen MR) is 52.7 cm³/mol. The van der Waals surface area contributed by atoms with Crippen LogP contribution in [0.2, 0.25) is 0 Å². The van der Waals surface area contributed by atoms with Gasteiger partial charge in [-0.1, -0.05) is 0 Å². The number of thiazole rings is 1. The van der Waals surface area contributed by atoms with Gasteiger partial charge in [0, 0.05) is 26.5 Å². The van der Waals surface area contributed by atoms with Gasteiger partial charge in [-0.05, 0) is 0 Å². The summed E-state index contributed by atoms with van der Waals surface area (Å²) in [7, 11) is 5.24. The zero-order chi connectivity index (χ0) is 9.84. The molecule has 0 spiro atoms. The van der Waals surface area contributed by atoms with Crippen molar-refractivity contribution in [2.75, 3.05) is 21.1 Å². The molecule has 1 aromatic rings. The van der Waals surface area contributed by atoms with Crippen LogP contribution < -0.4 is 0 Å². The van der Waals surface area contributed by atoms with Crippen molar-refractivity contribution < 1.29 is 4.79 Å². The normalized spacial score (nSPS) is 9.77. The van der Waals surface area contributed by atoms with Crippen LogP contribution >= 0.6 is 11.3 Å². The monoisotopic (exact) mass is 199 g/mol. The molecule has 0 aliphatic rings. The lowest BCUT2D eigenvalue weighted by atomic mass is 10.4. The second-order valence-corrected chi connectivity index (χ2v) is 3.73. The Hall–Kier alpha value is -1.10. The average Bonchev–Trinajstić information content (AvgIpc) is 2.55. The van der Waals surface area contributed by atoms with Crippen LogP contribution in [0, 0.1) is 0 Å². The molecule has 0 aliphatic heterocycles. The molecule has 2 amide bonds. The topological polar surface area (TPSA) is 36.4 Å². The Morgan fingerprint density at radius 1 is 1.54 bits per heavy atom. The van der Waals surface area contributed by atoms with E-state index in [-0.39, 0.29) is 6.03 Å². The van der Waals surface area contributed by atoms with E-state index in [4.69, 9.17) is 0 Å². The molecule has 0 N–H and O–H groups in total. The summed E-state index contributed by atoms with van der Waals surface area (Å²) in [5, 5.41) is 1.94. The Kier molecular flexibility index (Phi) is 3.25. The summed E-state index contributed by atoms with van der Waals surface area (Å²) in [5.74, 6) is 0. The van der Waals surface area contributed by atoms with Crippen molar-refractivity contribution in [2.45, 2.75) is 6.54 Å². The predicted octanol–water partition coefficient (Wildman–Crippen LogP) is 1.26. The van der Waals surface area contributed by atoms with Gasteiger partial charge in [0.05, 0.1) is 17.7 Å². The molecule has 0 bridgehead atoms. The first-order valence-electron chi connectivity index (χ1n) is 3.90. The molecule has 0 unspecified atom stereocenters. The number of urea groups is 1. The van der Waals surface area contributed by atoms with Crippen molar-refractivity contribution in [3.63, 3.8) is 0 Å². The largest absolute Gasteiger partial charge is 0.331 e. The molecule has 0 aliphatic carbocycles. The van der Waals surface area contributed by atoms with Crippen LogP contribution in [0.25, 0.3) is 0 Å². The average molecular weight is 199 g/mol. The maximum atomic E-state index is 11.4. The highest BCUT2D eigenvalue weighted by molar-refractivity contribution is 7.07. The molecule has 72 valence electrons. The van der Waals surface area contributed by atoms with E-state index in [9.17, 15) is 4.79 Å². The van der Waals surface area contributed by atoms with Crippen LogP contribution in [-0.2, 0) is 6.54 Å². The maximum Gasteiger partial charge on any atom is 0.319 e. The number of carbonyl (C=O) groups is 1. The van der Waals surface area contributed by atoms with Crippen LogP contribution in [0.15, 0.2) is 10.9 Å². The molecule has 4 nitrogen and oxygen atoms in total. The lowest BCUT2D eigenvalue weighted by Gasteiger charge is -2.20. The fraction of sp³-hybridized carbons (Fsp3) is 0.500. The van der Waals surface area contributed by atoms with Crippen LogP contribution in [0.4, 0.5) is 4.79 Å². The molecule has 13 heavy (non-hydrogen) atoms. The highest BCUT2D eigenvalue weighted by Gasteiger charge is 2.11. The zero-order valence-corrected chi connectivity index (χ0v) is 8.84. The van der Waals surface area contributed by atoms with Gasteiger partial charge in [0.2, 0.25) is 0 Å². The summed E-state index contributed by atoms with van der Waals surface area (Å²) in [6.07, 6.45) is 0. The summed E-state index contributed by atoms with van der Waals surface area (Å²) >= 11 is 1.54. The first-order valence-corrected chi connectivity index (χ1v) is 4.85. The van der Waals surface area contributed by atoms with E-state index in [1.54, 1.807) is 36.5 Å². The Balaban J connectivity index is 2.51. The van der Waals surface area contributed by atoms with Gasteiger partial charge in [-0.25, -0.2) is 9.78 Å². The number of hydrogen-bond acceptors (Lipinski definition) is 3. The van der Waals surface area contributed by atoms with Crippen molar-refractivity contribution in [3.8, 4) is 0 Å². The van der Waals surface area contributed by atoms with E-state index in [1.165, 1.54) is 11.3 Å². The molecule has 0 atom stereocenters. The summed E-state index contributed by atoms with van der Waals surface area (Å²) in [6.45, 7) is 0.570. The molecule has 0 saturated heterocycles. The standard InChI is InChI=1S/C8H13N3OS/c1-10(2)8(12)11(3)4-7-5-13-6-9-7/h5-6H,4H2,1-3H3. The van der Waals surface area contributed by atoms with Crippen molar-refractivity contribution in [2.24, 2.45) is 0 Å². The van der Waals surface area contributed by atoms with E-state index in [1.807, 2.05) is 5.38 Å². The third-order valence-electron chi connectivity index (χ3n) is 1.59. The molecule has 1 heterocycles. The lowest BCUT2D eigenvalue weighted by molar-refractivity contribution is 0.179. The number of aromatic nitrogens is 1. The Labute approximate surface area is 81.8 Å². The third kappa shape index (κ3) is 2.69. The van der Waals surface area contributed by atoms with Gasteiger partial charge >= 0.3 is 6.03 Å². The van der Waals surface area contributed by atoms with Crippen molar-refractivity contribution in [1.82, 2.24) is 14.8 Å². The molecule has 0 aromatic carbocycles. The molecular formula is C8H13N3OS. The van der Waals surface area contributed by atoms with Crippen LogP contribution in [0.5, 0.6) is 0 Å². The minimum absolute atomic E-state index is 0.00648. The lowest BCUT2D eigenvalue weighted by Crippen LogP contribution is -2.35. The zero-order valence-electron chi connectivity index (χ0n) is 8.02. The minimum Gasteiger partial charge on any atom is -0.331 e. The van der Waals surface area contributed by atoms with Crippen molar-refractivity contribution in [3.05, 3.63) is 16.6 Å². The van der Waals surface area contributed by atoms with E-state index in [2.05, 4.69) is 4.98 Å². The van der Waals surface area contributed by atoms with E-state index >= 15 is 0 Å². The van der Waals surface area contributed by atoms with Gasteiger partial charge in [-0.2, -0.15) is 0 Å². The van der Waals surface area contributed by atoms with Gasteiger partial charge in [0.1, 0.15) is 0 Å². The summed E-state index contributed by atoms with van der Waals surface area (Å²) in [5.41, 5.74) is 2.70. The summed E-state index contributed by atoms with van der Waals surface area (Å²) in [4.78, 5) is 18.7. The molecule has 0 fully saturated rings. The van der Waals surface area contributed by atoms with Crippen LogP contribution in [-0.4, -0.2) is 42.0 Å². The fourth-order valence-electron chi connectivity index (χ4n) is 0.968. The summed E-state index contributed by atoms with van der Waals surface area (Å²) < 4.78 is 0. The molecule has 5 heteroatoms. The highest BCUT2D eigenvalue weighted by atomic mass is 32.1. The number of amides is 2. The first-order chi connectivity index (χ1) is 6.11. The van der Waals surface area contributed by atoms with Gasteiger partial charge in [-0.3, -0.25) is 0 Å². The van der Waals surface area contributed by atoms with Crippen LogP contribution in [0.1, 0.15) is 5.69 Å². The third-order valence-corrected chi connectivity index (χ3v) is 2.23. The van der Waals surface area contributed by atoms with Gasteiger partial charge in [0.25, 0.3) is 0 Å². The number of carbonyl (C=O) groups excluding carboxylic acids is 1. The van der Waals surface area contributed by atoms with E-state index < -0.39 is 0 Å². The second-order valence-electron chi connectivity index (χ2n) is 3.01. The van der Waals surface area contributed by atoms with Crippen LogP contribution in [0.3, 0.4) is 0 Å². The van der Waals surface area contributed by atoms with Crippen molar-refractivity contribution >= 4 is 17.4 Å². The molecular weight excluding hydrogens is 186 g/mol. The van der Waals surface area contributed by atoms with Gasteiger partial charge in [-0.15, -0.1) is 11.3 Å². The minimum atomic E-state index is -0.00648. The maximum absolute atomic E-state index is 11.4. The Morgan fingerprint density at radius 2 is 2.23 bits per heavy atom. The van der Waals surface area contributed by atoms with Gasteiger partial charge in [0.15, 0.2) is 0 Å². The highest BCUT2D eigenvalue weighted by Crippen LogP contribution is 2.04. The van der Waals surface area contributed by atoms with E-state index in [0.717, 1.165) is 5.69 Å². The Bertz CT molecular complexity index is 271. The first kappa shape index (κ1) is 9.98. The quantitative estimate of drug-likeness (QED) is 0.719. The fourth-order valence-corrected chi connectivity index (χ4v) is 1.52. The second kappa shape index (κ2) is 4.23. The molecule has 0 saturated carbocycles. The molecule has 1 rings (SSSR count). The molecule has 0 radical (unpaired) electrons. The van der Waals surface area contributed by atoms with E-state index in [0.29, 0.717) is 6.54 Å². The Morgan fingerprint density at radius 3 is 2.69 bits per heavy atom. The van der Waals surface area contributed by atoms with Crippen molar-refractivity contribution in [1.29, 1.82) is 0 Å². The molecule has 1 aromatic heterocycles. The number of rotatable bonds is 2.